The monoisotopic (exact) mass is 232 g/mol. The maximum Gasteiger partial charge on any atom is 0.311 e. The van der Waals surface area contributed by atoms with E-state index in [1.54, 1.807) is 0 Å². The standard InChI is InChI=1S/C12H12N2O3/c1-8-3-2-4-9(5-8)6-11-13-10(14-17-11)7-12(15)16/h2-5H,6-7H2,1H3,(H,15,16). The smallest absolute Gasteiger partial charge is 0.311 e. The first kappa shape index (κ1) is 11.3. The van der Waals surface area contributed by atoms with Gasteiger partial charge in [0.05, 0.1) is 6.42 Å². The summed E-state index contributed by atoms with van der Waals surface area (Å²) in [5.74, 6) is -0.320. The molecule has 0 saturated heterocycles. The Morgan fingerprint density at radius 1 is 1.47 bits per heavy atom. The molecule has 0 bridgehead atoms. The Hall–Kier alpha value is -2.17. The van der Waals surface area contributed by atoms with Crippen molar-refractivity contribution < 1.29 is 14.4 Å². The lowest BCUT2D eigenvalue weighted by Gasteiger charge is -1.97. The molecule has 0 saturated carbocycles. The minimum absolute atomic E-state index is 0.208. The van der Waals surface area contributed by atoms with Gasteiger partial charge >= 0.3 is 5.97 Å². The fourth-order valence-electron chi connectivity index (χ4n) is 1.57. The van der Waals surface area contributed by atoms with E-state index in [1.165, 1.54) is 0 Å². The normalized spacial score (nSPS) is 10.4. The predicted molar refractivity (Wildman–Crippen MR) is 59.6 cm³/mol. The van der Waals surface area contributed by atoms with E-state index < -0.39 is 5.97 Å². The molecule has 0 amide bonds. The van der Waals surface area contributed by atoms with Gasteiger partial charge < -0.3 is 9.63 Å². The minimum Gasteiger partial charge on any atom is -0.481 e. The number of carbonyl (C=O) groups is 1. The van der Waals surface area contributed by atoms with E-state index in [0.717, 1.165) is 11.1 Å². The molecule has 0 atom stereocenters. The van der Waals surface area contributed by atoms with Gasteiger partial charge in [0.1, 0.15) is 6.42 Å². The van der Waals surface area contributed by atoms with Crippen molar-refractivity contribution in [1.82, 2.24) is 10.1 Å². The average Bonchev–Trinajstić information content (AvgIpc) is 2.64. The van der Waals surface area contributed by atoms with Crippen LogP contribution in [-0.2, 0) is 17.6 Å². The Balaban J connectivity index is 2.08. The van der Waals surface area contributed by atoms with Crippen LogP contribution in [0.25, 0.3) is 0 Å². The Morgan fingerprint density at radius 2 is 2.29 bits per heavy atom. The molecule has 0 fully saturated rings. The Labute approximate surface area is 98.1 Å². The molecule has 5 heteroatoms. The highest BCUT2D eigenvalue weighted by Gasteiger charge is 2.10. The van der Waals surface area contributed by atoms with Gasteiger partial charge in [-0.2, -0.15) is 4.98 Å². The Bertz CT molecular complexity index is 534. The minimum atomic E-state index is -0.965. The van der Waals surface area contributed by atoms with Crippen molar-refractivity contribution in [3.8, 4) is 0 Å². The summed E-state index contributed by atoms with van der Waals surface area (Å²) in [6, 6.07) is 7.96. The lowest BCUT2D eigenvalue weighted by Crippen LogP contribution is -2.01. The second kappa shape index (κ2) is 4.78. The third-order valence-corrected chi connectivity index (χ3v) is 2.26. The van der Waals surface area contributed by atoms with Crippen LogP contribution < -0.4 is 0 Å². The molecule has 1 heterocycles. The van der Waals surface area contributed by atoms with Gasteiger partial charge in [0.2, 0.25) is 5.89 Å². The highest BCUT2D eigenvalue weighted by molar-refractivity contribution is 5.68. The van der Waals surface area contributed by atoms with Crippen molar-refractivity contribution in [2.24, 2.45) is 0 Å². The van der Waals surface area contributed by atoms with Crippen molar-refractivity contribution in [2.45, 2.75) is 19.8 Å². The number of benzene rings is 1. The molecule has 0 aliphatic heterocycles. The summed E-state index contributed by atoms with van der Waals surface area (Å²) in [7, 11) is 0. The first-order valence-corrected chi connectivity index (χ1v) is 5.22. The second-order valence-electron chi connectivity index (χ2n) is 3.84. The van der Waals surface area contributed by atoms with E-state index in [0.29, 0.717) is 12.3 Å². The summed E-state index contributed by atoms with van der Waals surface area (Å²) >= 11 is 0. The third kappa shape index (κ3) is 3.14. The van der Waals surface area contributed by atoms with Crippen LogP contribution in [0.5, 0.6) is 0 Å². The molecule has 1 aromatic heterocycles. The van der Waals surface area contributed by atoms with Crippen LogP contribution in [0.15, 0.2) is 28.8 Å². The van der Waals surface area contributed by atoms with Gasteiger partial charge in [-0.05, 0) is 12.5 Å². The zero-order valence-electron chi connectivity index (χ0n) is 9.38. The summed E-state index contributed by atoms with van der Waals surface area (Å²) in [6.45, 7) is 2.01. The van der Waals surface area contributed by atoms with Gasteiger partial charge in [0.25, 0.3) is 0 Å². The van der Waals surface area contributed by atoms with E-state index in [9.17, 15) is 4.79 Å². The van der Waals surface area contributed by atoms with Crippen LogP contribution >= 0.6 is 0 Å². The van der Waals surface area contributed by atoms with Crippen molar-refractivity contribution in [3.63, 3.8) is 0 Å². The second-order valence-corrected chi connectivity index (χ2v) is 3.84. The van der Waals surface area contributed by atoms with E-state index in [-0.39, 0.29) is 12.2 Å². The maximum atomic E-state index is 10.5. The number of nitrogens with zero attached hydrogens (tertiary/aromatic N) is 2. The number of hydrogen-bond acceptors (Lipinski definition) is 4. The van der Waals surface area contributed by atoms with Crippen molar-refractivity contribution in [3.05, 3.63) is 47.1 Å². The number of carboxylic acid groups (broad SMARTS) is 1. The number of aromatic nitrogens is 2. The predicted octanol–water partition coefficient (Wildman–Crippen LogP) is 1.60. The molecular formula is C12H12N2O3. The lowest BCUT2D eigenvalue weighted by atomic mass is 10.1. The van der Waals surface area contributed by atoms with Gasteiger partial charge in [0, 0.05) is 0 Å². The van der Waals surface area contributed by atoms with Gasteiger partial charge in [-0.3, -0.25) is 4.79 Å². The summed E-state index contributed by atoms with van der Waals surface area (Å²) in [5, 5.41) is 12.2. The third-order valence-electron chi connectivity index (χ3n) is 2.26. The topological polar surface area (TPSA) is 76.2 Å². The van der Waals surface area contributed by atoms with Gasteiger partial charge in [0.15, 0.2) is 5.82 Å². The van der Waals surface area contributed by atoms with E-state index in [2.05, 4.69) is 10.1 Å². The highest BCUT2D eigenvalue weighted by Crippen LogP contribution is 2.09. The van der Waals surface area contributed by atoms with Crippen LogP contribution in [0.2, 0.25) is 0 Å². The van der Waals surface area contributed by atoms with Crippen LogP contribution in [0.4, 0.5) is 0 Å². The fraction of sp³-hybridized carbons (Fsp3) is 0.250. The molecular weight excluding hydrogens is 220 g/mol. The molecule has 2 rings (SSSR count). The summed E-state index contributed by atoms with van der Waals surface area (Å²) in [5.41, 5.74) is 2.23. The number of hydrogen-bond donors (Lipinski definition) is 1. The number of carboxylic acids is 1. The zero-order chi connectivity index (χ0) is 12.3. The van der Waals surface area contributed by atoms with Gasteiger partial charge in [-0.25, -0.2) is 0 Å². The summed E-state index contributed by atoms with van der Waals surface area (Å²) in [6.07, 6.45) is 0.311. The van der Waals surface area contributed by atoms with E-state index in [4.69, 9.17) is 9.63 Å². The molecule has 88 valence electrons. The van der Waals surface area contributed by atoms with Crippen LogP contribution in [-0.4, -0.2) is 21.2 Å². The molecule has 2 aromatic rings. The maximum absolute atomic E-state index is 10.5. The van der Waals surface area contributed by atoms with Crippen LogP contribution in [0.3, 0.4) is 0 Å². The Morgan fingerprint density at radius 3 is 3.00 bits per heavy atom. The van der Waals surface area contributed by atoms with Crippen molar-refractivity contribution in [1.29, 1.82) is 0 Å². The molecule has 1 aromatic carbocycles. The number of aliphatic carboxylic acids is 1. The fourth-order valence-corrected chi connectivity index (χ4v) is 1.57. The lowest BCUT2D eigenvalue weighted by molar-refractivity contribution is -0.136. The first-order chi connectivity index (χ1) is 8.13. The number of aryl methyl sites for hydroxylation is 1. The molecule has 5 nitrogen and oxygen atoms in total. The van der Waals surface area contributed by atoms with Crippen molar-refractivity contribution >= 4 is 5.97 Å². The van der Waals surface area contributed by atoms with Crippen molar-refractivity contribution in [2.75, 3.05) is 0 Å². The molecule has 0 spiro atoms. The molecule has 17 heavy (non-hydrogen) atoms. The largest absolute Gasteiger partial charge is 0.481 e. The molecule has 0 aliphatic rings. The quantitative estimate of drug-likeness (QED) is 0.866. The van der Waals surface area contributed by atoms with Crippen LogP contribution in [0.1, 0.15) is 22.8 Å². The molecule has 0 unspecified atom stereocenters. The summed E-state index contributed by atoms with van der Waals surface area (Å²) < 4.78 is 4.98. The van der Waals surface area contributed by atoms with Gasteiger partial charge in [-0.15, -0.1) is 0 Å². The number of rotatable bonds is 4. The average molecular weight is 232 g/mol. The molecule has 0 radical (unpaired) electrons. The Kier molecular flexibility index (Phi) is 3.18. The summed E-state index contributed by atoms with van der Waals surface area (Å²) in [4.78, 5) is 14.5. The van der Waals surface area contributed by atoms with E-state index >= 15 is 0 Å². The van der Waals surface area contributed by atoms with Crippen LogP contribution in [0, 0.1) is 6.92 Å². The highest BCUT2D eigenvalue weighted by atomic mass is 16.5. The molecule has 1 N–H and O–H groups in total. The van der Waals surface area contributed by atoms with Gasteiger partial charge in [-0.1, -0.05) is 35.0 Å². The first-order valence-electron chi connectivity index (χ1n) is 5.22. The SMILES string of the molecule is Cc1cccc(Cc2nc(CC(=O)O)no2)c1. The zero-order valence-corrected chi connectivity index (χ0v) is 9.38. The van der Waals surface area contributed by atoms with E-state index in [1.807, 2.05) is 31.2 Å². The molecule has 0 aliphatic carbocycles.